The number of hydrogen-bond acceptors (Lipinski definition) is 4. The van der Waals surface area contributed by atoms with Crippen molar-refractivity contribution in [3.63, 3.8) is 0 Å². The van der Waals surface area contributed by atoms with Gasteiger partial charge in [-0.3, -0.25) is 13.9 Å². The predicted molar refractivity (Wildman–Crippen MR) is 137 cm³/mol. The molecule has 9 heteroatoms. The van der Waals surface area contributed by atoms with Gasteiger partial charge in [0.15, 0.2) is 0 Å². The maximum absolute atomic E-state index is 13.6. The Kier molecular flexibility index (Phi) is 8.77. The average molecular weight is 508 g/mol. The molecule has 0 aliphatic rings. The van der Waals surface area contributed by atoms with Gasteiger partial charge in [-0.15, -0.1) is 0 Å². The van der Waals surface area contributed by atoms with Crippen molar-refractivity contribution in [3.8, 4) is 0 Å². The van der Waals surface area contributed by atoms with Gasteiger partial charge in [-0.2, -0.15) is 0 Å². The summed E-state index contributed by atoms with van der Waals surface area (Å²) < 4.78 is 26.4. The second-order valence-corrected chi connectivity index (χ2v) is 12.0. The highest BCUT2D eigenvalue weighted by Gasteiger charge is 2.31. The SMILES string of the molecule is Cc1ccc(CN(C(=O)CN(c2cc(Cl)ccc2C)S(C)(=O)=O)[C@H](C)C(=O)NC(C)(C)C)cc1. The van der Waals surface area contributed by atoms with Crippen molar-refractivity contribution in [2.24, 2.45) is 0 Å². The summed E-state index contributed by atoms with van der Waals surface area (Å²) in [5.74, 6) is -0.820. The number of amides is 2. The van der Waals surface area contributed by atoms with Crippen LogP contribution in [0.15, 0.2) is 42.5 Å². The first-order chi connectivity index (χ1) is 15.6. The molecule has 7 nitrogen and oxygen atoms in total. The number of sulfonamides is 1. The molecule has 1 atom stereocenters. The molecular weight excluding hydrogens is 474 g/mol. The third-order valence-corrected chi connectivity index (χ3v) is 6.62. The van der Waals surface area contributed by atoms with Crippen LogP contribution in [-0.4, -0.2) is 49.5 Å². The molecule has 0 aromatic heterocycles. The maximum Gasteiger partial charge on any atom is 0.244 e. The fourth-order valence-electron chi connectivity index (χ4n) is 3.39. The molecule has 0 aliphatic carbocycles. The lowest BCUT2D eigenvalue weighted by atomic mass is 10.1. The summed E-state index contributed by atoms with van der Waals surface area (Å²) in [6, 6.07) is 11.7. The third-order valence-electron chi connectivity index (χ3n) is 5.26. The molecule has 2 amide bonds. The summed E-state index contributed by atoms with van der Waals surface area (Å²) in [5, 5.41) is 3.26. The van der Waals surface area contributed by atoms with Crippen molar-refractivity contribution in [2.75, 3.05) is 17.1 Å². The molecule has 0 heterocycles. The normalized spacial score (nSPS) is 12.7. The summed E-state index contributed by atoms with van der Waals surface area (Å²) >= 11 is 6.11. The van der Waals surface area contributed by atoms with Gasteiger partial charge >= 0.3 is 0 Å². The summed E-state index contributed by atoms with van der Waals surface area (Å²) in [5.41, 5.74) is 2.40. The molecule has 186 valence electrons. The molecule has 34 heavy (non-hydrogen) atoms. The molecule has 0 saturated carbocycles. The summed E-state index contributed by atoms with van der Waals surface area (Å²) in [6.45, 7) is 10.6. The van der Waals surface area contributed by atoms with Crippen LogP contribution < -0.4 is 9.62 Å². The van der Waals surface area contributed by atoms with Gasteiger partial charge in [-0.05, 0) is 64.8 Å². The Morgan fingerprint density at radius 3 is 2.18 bits per heavy atom. The van der Waals surface area contributed by atoms with Gasteiger partial charge in [0.25, 0.3) is 0 Å². The van der Waals surface area contributed by atoms with Crippen LogP contribution in [-0.2, 0) is 26.2 Å². The van der Waals surface area contributed by atoms with Crippen molar-refractivity contribution in [3.05, 3.63) is 64.2 Å². The average Bonchev–Trinajstić information content (AvgIpc) is 2.70. The number of nitrogens with zero attached hydrogens (tertiary/aromatic N) is 2. The van der Waals surface area contributed by atoms with Gasteiger partial charge < -0.3 is 10.2 Å². The van der Waals surface area contributed by atoms with Gasteiger partial charge in [0, 0.05) is 17.1 Å². The van der Waals surface area contributed by atoms with Crippen LogP contribution in [0, 0.1) is 13.8 Å². The fourth-order valence-corrected chi connectivity index (χ4v) is 4.46. The van der Waals surface area contributed by atoms with Gasteiger partial charge in [-0.25, -0.2) is 8.42 Å². The van der Waals surface area contributed by atoms with Crippen molar-refractivity contribution < 1.29 is 18.0 Å². The van der Waals surface area contributed by atoms with E-state index >= 15 is 0 Å². The monoisotopic (exact) mass is 507 g/mol. The lowest BCUT2D eigenvalue weighted by molar-refractivity contribution is -0.140. The zero-order chi connectivity index (χ0) is 25.8. The van der Waals surface area contributed by atoms with E-state index in [0.717, 1.165) is 21.7 Å². The van der Waals surface area contributed by atoms with E-state index in [9.17, 15) is 18.0 Å². The van der Waals surface area contributed by atoms with E-state index in [1.807, 2.05) is 52.0 Å². The van der Waals surface area contributed by atoms with Gasteiger partial charge in [-0.1, -0.05) is 47.5 Å². The van der Waals surface area contributed by atoms with Gasteiger partial charge in [0.2, 0.25) is 21.8 Å². The van der Waals surface area contributed by atoms with Crippen LogP contribution in [0.5, 0.6) is 0 Å². The standard InChI is InChI=1S/C25H34ClN3O4S/c1-17-8-11-20(12-9-17)15-28(19(3)24(31)27-25(4,5)6)23(30)16-29(34(7,32)33)22-14-21(26)13-10-18(22)2/h8-14,19H,15-16H2,1-7H3,(H,27,31)/t19-/m1/s1. The van der Waals surface area contributed by atoms with Crippen molar-refractivity contribution in [2.45, 2.75) is 59.7 Å². The first-order valence-corrected chi connectivity index (χ1v) is 13.2. The van der Waals surface area contributed by atoms with Gasteiger partial charge in [0.05, 0.1) is 11.9 Å². The molecule has 0 radical (unpaired) electrons. The largest absolute Gasteiger partial charge is 0.350 e. The van der Waals surface area contributed by atoms with Crippen molar-refractivity contribution >= 4 is 39.1 Å². The van der Waals surface area contributed by atoms with Crippen LogP contribution in [0.25, 0.3) is 0 Å². The topological polar surface area (TPSA) is 86.8 Å². The van der Waals surface area contributed by atoms with Gasteiger partial charge in [0.1, 0.15) is 12.6 Å². The fraction of sp³-hybridized carbons (Fsp3) is 0.440. The summed E-state index contributed by atoms with van der Waals surface area (Å²) in [6.07, 6.45) is 1.04. The lowest BCUT2D eigenvalue weighted by Crippen LogP contribution is -2.54. The smallest absolute Gasteiger partial charge is 0.244 e. The first-order valence-electron chi connectivity index (χ1n) is 11.0. The van der Waals surface area contributed by atoms with E-state index in [1.54, 1.807) is 26.0 Å². The molecule has 0 saturated heterocycles. The van der Waals surface area contributed by atoms with Crippen LogP contribution in [0.3, 0.4) is 0 Å². The number of nitrogens with one attached hydrogen (secondary N) is 1. The molecule has 0 spiro atoms. The number of carbonyl (C=O) groups is 2. The zero-order valence-corrected chi connectivity index (χ0v) is 22.4. The number of benzene rings is 2. The van der Waals surface area contributed by atoms with Crippen LogP contribution in [0.4, 0.5) is 5.69 Å². The number of anilines is 1. The Morgan fingerprint density at radius 2 is 1.65 bits per heavy atom. The minimum atomic E-state index is -3.81. The van der Waals surface area contributed by atoms with Crippen molar-refractivity contribution in [1.29, 1.82) is 0 Å². The van der Waals surface area contributed by atoms with E-state index in [1.165, 1.54) is 11.0 Å². The zero-order valence-electron chi connectivity index (χ0n) is 20.8. The molecule has 2 rings (SSSR count). The minimum Gasteiger partial charge on any atom is -0.350 e. The van der Waals surface area contributed by atoms with Crippen LogP contribution >= 0.6 is 11.6 Å². The third kappa shape index (κ3) is 7.74. The Morgan fingerprint density at radius 1 is 1.06 bits per heavy atom. The predicted octanol–water partition coefficient (Wildman–Crippen LogP) is 4.05. The Hall–Kier alpha value is -2.58. The second-order valence-electron chi connectivity index (χ2n) is 9.62. The van der Waals surface area contributed by atoms with Crippen LogP contribution in [0.2, 0.25) is 5.02 Å². The minimum absolute atomic E-state index is 0.157. The summed E-state index contributed by atoms with van der Waals surface area (Å²) in [7, 11) is -3.81. The first kappa shape index (κ1) is 27.7. The van der Waals surface area contributed by atoms with Crippen LogP contribution in [0.1, 0.15) is 44.4 Å². The lowest BCUT2D eigenvalue weighted by Gasteiger charge is -2.33. The quantitative estimate of drug-likeness (QED) is 0.583. The highest BCUT2D eigenvalue weighted by Crippen LogP contribution is 2.26. The molecule has 1 N–H and O–H groups in total. The molecule has 0 fully saturated rings. The second kappa shape index (κ2) is 10.8. The molecular formula is C25H34ClN3O4S. The highest BCUT2D eigenvalue weighted by atomic mass is 35.5. The van der Waals surface area contributed by atoms with E-state index in [-0.39, 0.29) is 12.5 Å². The number of hydrogen-bond donors (Lipinski definition) is 1. The number of rotatable bonds is 8. The Labute approximate surface area is 208 Å². The van der Waals surface area contributed by atoms with E-state index in [0.29, 0.717) is 16.3 Å². The summed E-state index contributed by atoms with van der Waals surface area (Å²) in [4.78, 5) is 27.9. The molecule has 0 aliphatic heterocycles. The maximum atomic E-state index is 13.6. The highest BCUT2D eigenvalue weighted by molar-refractivity contribution is 7.92. The van der Waals surface area contributed by atoms with E-state index < -0.39 is 34.1 Å². The molecule has 0 unspecified atom stereocenters. The van der Waals surface area contributed by atoms with E-state index in [2.05, 4.69) is 5.32 Å². The Balaban J connectivity index is 2.44. The molecule has 2 aromatic rings. The van der Waals surface area contributed by atoms with Crippen molar-refractivity contribution in [1.82, 2.24) is 10.2 Å². The molecule has 0 bridgehead atoms. The Bertz CT molecular complexity index is 1140. The number of aryl methyl sites for hydroxylation is 2. The molecule has 2 aromatic carbocycles. The number of carbonyl (C=O) groups excluding carboxylic acids is 2. The van der Waals surface area contributed by atoms with E-state index in [4.69, 9.17) is 11.6 Å². The number of halogens is 1.